The van der Waals surface area contributed by atoms with Crippen molar-refractivity contribution in [3.05, 3.63) is 65.5 Å². The maximum atomic E-state index is 11.5. The van der Waals surface area contributed by atoms with Gasteiger partial charge in [0.15, 0.2) is 11.5 Å². The number of nitrogens with one attached hydrogen (secondary N) is 1. The minimum atomic E-state index is -0.470. The zero-order valence-electron chi connectivity index (χ0n) is 20.1. The molecular formula is C27H33N5O3. The zero-order chi connectivity index (χ0) is 23.9. The molecule has 0 atom stereocenters. The van der Waals surface area contributed by atoms with Crippen LogP contribution in [0.2, 0.25) is 0 Å². The van der Waals surface area contributed by atoms with Gasteiger partial charge in [0.25, 0.3) is 0 Å². The van der Waals surface area contributed by atoms with Gasteiger partial charge in [-0.1, -0.05) is 36.8 Å². The van der Waals surface area contributed by atoms with Crippen LogP contribution in [-0.2, 0) is 34.7 Å². The molecule has 0 unspecified atom stereocenters. The van der Waals surface area contributed by atoms with Crippen LogP contribution in [0.5, 0.6) is 5.75 Å². The molecule has 0 spiro atoms. The number of anilines is 1. The van der Waals surface area contributed by atoms with Gasteiger partial charge in [-0.05, 0) is 84.7 Å². The Hall–Kier alpha value is -3.26. The highest BCUT2D eigenvalue weighted by atomic mass is 16.5. The minimum Gasteiger partial charge on any atom is -0.494 e. The van der Waals surface area contributed by atoms with Gasteiger partial charge >= 0.3 is 0 Å². The molecule has 1 amide bonds. The van der Waals surface area contributed by atoms with E-state index in [1.54, 1.807) is 0 Å². The van der Waals surface area contributed by atoms with E-state index in [4.69, 9.17) is 9.47 Å². The van der Waals surface area contributed by atoms with Gasteiger partial charge in [0.2, 0.25) is 5.91 Å². The first-order valence-corrected chi connectivity index (χ1v) is 12.7. The van der Waals surface area contributed by atoms with Crippen molar-refractivity contribution in [2.24, 2.45) is 0 Å². The summed E-state index contributed by atoms with van der Waals surface area (Å²) in [5, 5.41) is 15.7. The van der Waals surface area contributed by atoms with Crippen LogP contribution >= 0.6 is 0 Å². The maximum Gasteiger partial charge on any atom is 0.224 e. The van der Waals surface area contributed by atoms with E-state index < -0.39 is 5.72 Å². The third kappa shape index (κ3) is 5.70. The number of rotatable bonds is 10. The van der Waals surface area contributed by atoms with Crippen molar-refractivity contribution in [3.8, 4) is 5.75 Å². The molecular weight excluding hydrogens is 442 g/mol. The summed E-state index contributed by atoms with van der Waals surface area (Å²) < 4.78 is 14.5. The van der Waals surface area contributed by atoms with Crippen molar-refractivity contribution in [2.75, 3.05) is 11.9 Å². The average Bonchev–Trinajstić information content (AvgIpc) is 3.38. The molecule has 2 aromatic carbocycles. The van der Waals surface area contributed by atoms with E-state index in [2.05, 4.69) is 33.0 Å². The van der Waals surface area contributed by atoms with Crippen LogP contribution in [0.1, 0.15) is 68.3 Å². The molecule has 1 saturated carbocycles. The van der Waals surface area contributed by atoms with Gasteiger partial charge in [0.1, 0.15) is 5.75 Å². The first kappa shape index (κ1) is 23.5. The molecule has 3 aromatic rings. The van der Waals surface area contributed by atoms with Crippen molar-refractivity contribution in [1.82, 2.24) is 20.2 Å². The number of amides is 1. The molecule has 1 aliphatic heterocycles. The summed E-state index contributed by atoms with van der Waals surface area (Å²) in [7, 11) is 0. The van der Waals surface area contributed by atoms with Crippen molar-refractivity contribution in [1.29, 1.82) is 0 Å². The molecule has 0 bridgehead atoms. The lowest BCUT2D eigenvalue weighted by Crippen LogP contribution is -2.40. The standard InChI is InChI=1S/C27H33N5O3/c33-26-15-12-22-19-23(13-14-24(22)28-26)34-18-8-5-11-25-29-30-31-32(25)27(16-6-2-7-17-27)35-20-21-9-3-1-4-10-21/h1,3-4,9-10,13-14,19H,2,5-8,11-12,15-18,20H2,(H,28,33). The second kappa shape index (κ2) is 11.0. The summed E-state index contributed by atoms with van der Waals surface area (Å²) in [6, 6.07) is 16.2. The van der Waals surface area contributed by atoms with Crippen LogP contribution in [0.25, 0.3) is 0 Å². The molecule has 8 heteroatoms. The molecule has 2 heterocycles. The number of carbonyl (C=O) groups excluding carboxylic acids is 1. The van der Waals surface area contributed by atoms with Crippen LogP contribution in [0.3, 0.4) is 0 Å². The second-order valence-electron chi connectivity index (χ2n) is 9.46. The van der Waals surface area contributed by atoms with E-state index in [0.29, 0.717) is 19.6 Å². The Morgan fingerprint density at radius 2 is 1.86 bits per heavy atom. The van der Waals surface area contributed by atoms with Crippen molar-refractivity contribution >= 4 is 11.6 Å². The van der Waals surface area contributed by atoms with Gasteiger partial charge in [-0.3, -0.25) is 4.79 Å². The second-order valence-corrected chi connectivity index (χ2v) is 9.46. The largest absolute Gasteiger partial charge is 0.494 e. The van der Waals surface area contributed by atoms with Crippen LogP contribution < -0.4 is 10.1 Å². The first-order chi connectivity index (χ1) is 17.2. The molecule has 8 nitrogen and oxygen atoms in total. The Bertz CT molecular complexity index is 1120. The van der Waals surface area contributed by atoms with Crippen molar-refractivity contribution in [3.63, 3.8) is 0 Å². The number of hydrogen-bond acceptors (Lipinski definition) is 6. The zero-order valence-corrected chi connectivity index (χ0v) is 20.1. The number of ether oxygens (including phenoxy) is 2. The highest BCUT2D eigenvalue weighted by Crippen LogP contribution is 2.37. The monoisotopic (exact) mass is 475 g/mol. The SMILES string of the molecule is O=C1CCc2cc(OCCCCc3nnnn3C3(OCc4ccccc4)CCCCC3)ccc2N1. The fourth-order valence-electron chi connectivity index (χ4n) is 5.02. The van der Waals surface area contributed by atoms with Crippen LogP contribution in [0.4, 0.5) is 5.69 Å². The van der Waals surface area contributed by atoms with Gasteiger partial charge < -0.3 is 14.8 Å². The molecule has 0 radical (unpaired) electrons. The average molecular weight is 476 g/mol. The number of benzene rings is 2. The molecule has 0 saturated heterocycles. The number of fused-ring (bicyclic) bond motifs is 1. The topological polar surface area (TPSA) is 91.2 Å². The minimum absolute atomic E-state index is 0.0778. The van der Waals surface area contributed by atoms with Crippen molar-refractivity contribution < 1.29 is 14.3 Å². The Morgan fingerprint density at radius 1 is 1.00 bits per heavy atom. The number of hydrogen-bond donors (Lipinski definition) is 1. The van der Waals surface area contributed by atoms with E-state index in [1.807, 2.05) is 41.1 Å². The summed E-state index contributed by atoms with van der Waals surface area (Å²) in [6.45, 7) is 1.18. The van der Waals surface area contributed by atoms with Gasteiger partial charge in [0.05, 0.1) is 13.2 Å². The number of nitrogens with zero attached hydrogens (tertiary/aromatic N) is 4. The highest BCUT2D eigenvalue weighted by molar-refractivity contribution is 5.93. The lowest BCUT2D eigenvalue weighted by molar-refractivity contribution is -0.150. The highest BCUT2D eigenvalue weighted by Gasteiger charge is 2.38. The Morgan fingerprint density at radius 3 is 2.71 bits per heavy atom. The number of carbonyl (C=O) groups is 1. The third-order valence-corrected chi connectivity index (χ3v) is 6.94. The van der Waals surface area contributed by atoms with E-state index in [0.717, 1.165) is 79.8 Å². The normalized spacial score (nSPS) is 17.0. The molecule has 35 heavy (non-hydrogen) atoms. The van der Waals surface area contributed by atoms with E-state index >= 15 is 0 Å². The number of tetrazole rings is 1. The van der Waals surface area contributed by atoms with Crippen molar-refractivity contribution in [2.45, 2.75) is 76.5 Å². The molecule has 1 N–H and O–H groups in total. The summed E-state index contributed by atoms with van der Waals surface area (Å²) in [5.74, 6) is 1.80. The van der Waals surface area contributed by atoms with E-state index in [1.165, 1.54) is 6.42 Å². The van der Waals surface area contributed by atoms with Crippen LogP contribution in [0.15, 0.2) is 48.5 Å². The van der Waals surface area contributed by atoms with Gasteiger partial charge in [-0.2, -0.15) is 4.68 Å². The predicted octanol–water partition coefficient (Wildman–Crippen LogP) is 4.79. The first-order valence-electron chi connectivity index (χ1n) is 12.7. The van der Waals surface area contributed by atoms with E-state index in [-0.39, 0.29) is 5.91 Å². The van der Waals surface area contributed by atoms with Gasteiger partial charge in [0, 0.05) is 18.5 Å². The maximum absolute atomic E-state index is 11.5. The number of unbranched alkanes of at least 4 members (excludes halogenated alkanes) is 1. The molecule has 1 aromatic heterocycles. The Kier molecular flexibility index (Phi) is 7.37. The predicted molar refractivity (Wildman–Crippen MR) is 132 cm³/mol. The third-order valence-electron chi connectivity index (χ3n) is 6.94. The Balaban J connectivity index is 1.15. The number of aromatic nitrogens is 4. The summed E-state index contributed by atoms with van der Waals surface area (Å²) in [5.41, 5.74) is 2.72. The summed E-state index contributed by atoms with van der Waals surface area (Å²) in [4.78, 5) is 11.5. The van der Waals surface area contributed by atoms with Crippen LogP contribution in [-0.4, -0.2) is 32.7 Å². The van der Waals surface area contributed by atoms with E-state index in [9.17, 15) is 4.79 Å². The lowest BCUT2D eigenvalue weighted by Gasteiger charge is -2.37. The smallest absolute Gasteiger partial charge is 0.224 e. The molecule has 1 fully saturated rings. The van der Waals surface area contributed by atoms with Crippen LogP contribution in [0, 0.1) is 0 Å². The molecule has 5 rings (SSSR count). The van der Waals surface area contributed by atoms with Gasteiger partial charge in [-0.15, -0.1) is 5.10 Å². The molecule has 184 valence electrons. The summed E-state index contributed by atoms with van der Waals surface area (Å²) in [6.07, 6.45) is 9.22. The summed E-state index contributed by atoms with van der Waals surface area (Å²) >= 11 is 0. The fraction of sp³-hybridized carbons (Fsp3) is 0.481. The molecule has 1 aliphatic carbocycles. The Labute approximate surface area is 206 Å². The fourth-order valence-corrected chi connectivity index (χ4v) is 5.02. The lowest BCUT2D eigenvalue weighted by atomic mass is 9.91. The molecule has 2 aliphatic rings. The quantitative estimate of drug-likeness (QED) is 0.424. The number of aryl methyl sites for hydroxylation is 2. The van der Waals surface area contributed by atoms with Gasteiger partial charge in [-0.25, -0.2) is 0 Å².